The van der Waals surface area contributed by atoms with Crippen molar-refractivity contribution in [3.63, 3.8) is 0 Å². The Labute approximate surface area is 312 Å². The molecule has 0 bridgehead atoms. The van der Waals surface area contributed by atoms with Crippen molar-refractivity contribution in [3.8, 4) is 56.2 Å². The number of benzene rings is 8. The van der Waals surface area contributed by atoms with Gasteiger partial charge >= 0.3 is 0 Å². The number of hydrogen-bond acceptors (Lipinski definition) is 3. The van der Waals surface area contributed by atoms with Gasteiger partial charge < -0.3 is 4.42 Å². The zero-order valence-corrected chi connectivity index (χ0v) is 26.7. The minimum absolute atomic E-state index is 0.00975. The third-order valence-corrected chi connectivity index (χ3v) is 9.13. The van der Waals surface area contributed by atoms with Crippen LogP contribution in [0.5, 0.6) is 0 Å². The first-order chi connectivity index (χ1) is 30.3. The molecule has 0 aliphatic carbocycles. The first-order valence-corrected chi connectivity index (χ1v) is 16.3. The van der Waals surface area contributed by atoms with Crippen molar-refractivity contribution < 1.29 is 20.9 Å². The van der Waals surface area contributed by atoms with Gasteiger partial charge in [0.05, 0.1) is 27.8 Å². The number of para-hydroxylation sites is 2. The van der Waals surface area contributed by atoms with Crippen LogP contribution in [-0.2, 0) is 0 Å². The molecule has 0 unspecified atom stereocenters. The molecule has 0 fully saturated rings. The summed E-state index contributed by atoms with van der Waals surface area (Å²) in [5.74, 6) is 0.428. The maximum Gasteiger partial charge on any atom is 0.160 e. The van der Waals surface area contributed by atoms with Crippen molar-refractivity contribution in [2.45, 2.75) is 0 Å². The Hall–Kier alpha value is -6.84. The van der Waals surface area contributed by atoms with E-state index in [9.17, 15) is 0 Å². The molecule has 0 saturated carbocycles. The lowest BCUT2D eigenvalue weighted by Gasteiger charge is -2.15. The third kappa shape index (κ3) is 4.90. The second kappa shape index (κ2) is 11.9. The Kier molecular flexibility index (Phi) is 4.54. The fraction of sp³-hybridized carbons (Fsp3) is 0. The van der Waals surface area contributed by atoms with Gasteiger partial charge in [0, 0.05) is 33.0 Å². The van der Waals surface area contributed by atoms with E-state index in [4.69, 9.17) is 30.8 Å². The number of rotatable bonds is 5. The topological polar surface area (TPSA) is 38.9 Å². The number of hydrogen-bond donors (Lipinski definition) is 0. The highest BCUT2D eigenvalue weighted by Crippen LogP contribution is 2.42. The predicted molar refractivity (Wildman–Crippen MR) is 212 cm³/mol. The Morgan fingerprint density at radius 3 is 1.65 bits per heavy atom. The lowest BCUT2D eigenvalue weighted by atomic mass is 9.91. The Balaban J connectivity index is 1.22. The number of aromatic nitrogens is 2. The monoisotopic (exact) mass is 662 g/mol. The van der Waals surface area contributed by atoms with Gasteiger partial charge in [-0.25, -0.2) is 9.97 Å². The molecule has 0 aliphatic heterocycles. The van der Waals surface area contributed by atoms with Crippen LogP contribution in [-0.4, -0.2) is 9.97 Å². The second-order valence-electron chi connectivity index (χ2n) is 12.0. The van der Waals surface area contributed by atoms with E-state index in [-0.39, 0.29) is 57.2 Å². The lowest BCUT2D eigenvalue weighted by Crippen LogP contribution is -1.97. The molecule has 3 nitrogen and oxygen atoms in total. The summed E-state index contributed by atoms with van der Waals surface area (Å²) in [6.07, 6.45) is 0. The molecule has 0 N–H and O–H groups in total. The number of furan rings is 1. The summed E-state index contributed by atoms with van der Waals surface area (Å²) in [6.45, 7) is 0. The fourth-order valence-corrected chi connectivity index (χ4v) is 6.82. The molecule has 0 amide bonds. The smallest absolute Gasteiger partial charge is 0.160 e. The van der Waals surface area contributed by atoms with E-state index in [0.717, 1.165) is 16.3 Å². The second-order valence-corrected chi connectivity index (χ2v) is 12.0. The summed E-state index contributed by atoms with van der Waals surface area (Å²) in [5, 5.41) is 2.76. The Bertz CT molecular complexity index is 3580. The van der Waals surface area contributed by atoms with Gasteiger partial charge in [-0.2, -0.15) is 0 Å². The molecule has 0 spiro atoms. The largest absolute Gasteiger partial charge is 0.455 e. The van der Waals surface area contributed by atoms with Crippen LogP contribution in [0.4, 0.5) is 0 Å². The molecule has 2 heterocycles. The van der Waals surface area contributed by atoms with Crippen molar-refractivity contribution in [1.29, 1.82) is 0 Å². The molecule has 0 radical (unpaired) electrons. The molecule has 2 aromatic heterocycles. The van der Waals surface area contributed by atoms with Crippen molar-refractivity contribution >= 4 is 43.5 Å². The van der Waals surface area contributed by atoms with E-state index >= 15 is 0 Å². The summed E-state index contributed by atoms with van der Waals surface area (Å²) in [4.78, 5) is 10.2. The van der Waals surface area contributed by atoms with Crippen LogP contribution in [0.25, 0.3) is 99.6 Å². The normalized spacial score (nSPS) is 14.8. The fourth-order valence-electron chi connectivity index (χ4n) is 6.82. The molecule has 0 saturated heterocycles. The van der Waals surface area contributed by atoms with Crippen LogP contribution in [0.1, 0.15) is 16.4 Å². The Morgan fingerprint density at radius 1 is 0.392 bits per heavy atom. The quantitative estimate of drug-likeness (QED) is 0.184. The van der Waals surface area contributed by atoms with Gasteiger partial charge in [0.25, 0.3) is 0 Å². The predicted octanol–water partition coefficient (Wildman–Crippen LogP) is 13.0. The van der Waals surface area contributed by atoms with E-state index in [1.807, 2.05) is 97.1 Å². The number of fused-ring (bicyclic) bond motifs is 5. The SMILES string of the molecule is [2H]c1c([2H])c([2H])c(-c2ccc(-c3cc(-c4ccc(-c5c([2H])c([2H])c([2H])c6c5oc5c([2H])c([2H])c([2H])c([2H])c56)c5ccccc45)nc(-c4ccccc4)n3)c3ccccc23)c([2H])c1[2H]. The van der Waals surface area contributed by atoms with Crippen LogP contribution in [0.3, 0.4) is 0 Å². The third-order valence-electron chi connectivity index (χ3n) is 9.13. The summed E-state index contributed by atoms with van der Waals surface area (Å²) in [5.41, 5.74) is 4.34. The summed E-state index contributed by atoms with van der Waals surface area (Å²) in [6, 6.07) is 28.7. The molecule has 10 aromatic rings. The van der Waals surface area contributed by atoms with Crippen molar-refractivity contribution in [3.05, 3.63) is 182 Å². The standard InChI is InChI=1S/C48H30N2O/c1-3-14-31(15-4-1)33-26-28-39(36-20-9-7-18-34(33)36)44-30-45(50-48(49-44)32-16-5-2-6-17-32)40-29-27-38(35-19-8-10-21-37(35)40)42-23-13-24-43-41-22-11-12-25-46(41)51-47(42)43/h1-30H/i1D,3D,4D,11D,12D,13D,14D,15D,22D,23D,24D,25D. The zero-order valence-electron chi connectivity index (χ0n) is 38.7. The van der Waals surface area contributed by atoms with Crippen molar-refractivity contribution in [2.24, 2.45) is 0 Å². The molecule has 0 aliphatic rings. The average molecular weight is 663 g/mol. The van der Waals surface area contributed by atoms with Crippen LogP contribution < -0.4 is 0 Å². The van der Waals surface area contributed by atoms with Crippen LogP contribution in [0.2, 0.25) is 0 Å². The van der Waals surface area contributed by atoms with Gasteiger partial charge in [-0.1, -0.05) is 170 Å². The summed E-state index contributed by atoms with van der Waals surface area (Å²) >= 11 is 0. The molecular formula is C48H30N2O. The van der Waals surface area contributed by atoms with E-state index in [1.165, 1.54) is 0 Å². The first-order valence-electron chi connectivity index (χ1n) is 22.3. The van der Waals surface area contributed by atoms with Crippen LogP contribution in [0.15, 0.2) is 186 Å². The van der Waals surface area contributed by atoms with Gasteiger partial charge in [-0.3, -0.25) is 0 Å². The highest BCUT2D eigenvalue weighted by Gasteiger charge is 2.19. The van der Waals surface area contributed by atoms with Crippen LogP contribution >= 0.6 is 0 Å². The maximum absolute atomic E-state index is 9.15. The van der Waals surface area contributed by atoms with Crippen molar-refractivity contribution in [2.75, 3.05) is 0 Å². The number of nitrogens with zero attached hydrogens (tertiary/aromatic N) is 2. The molecule has 0 atom stereocenters. The first kappa shape index (κ1) is 19.4. The summed E-state index contributed by atoms with van der Waals surface area (Å²) < 4.78 is 109. The molecule has 8 aromatic carbocycles. The van der Waals surface area contributed by atoms with Crippen molar-refractivity contribution in [1.82, 2.24) is 9.97 Å². The molecule has 51 heavy (non-hydrogen) atoms. The van der Waals surface area contributed by atoms with Gasteiger partial charge in [0.15, 0.2) is 5.82 Å². The highest BCUT2D eigenvalue weighted by atomic mass is 16.3. The molecule has 3 heteroatoms. The molecule has 238 valence electrons. The van der Waals surface area contributed by atoms with E-state index in [1.54, 1.807) is 12.1 Å². The minimum atomic E-state index is -0.497. The van der Waals surface area contributed by atoms with Gasteiger partial charge in [-0.05, 0) is 50.3 Å². The minimum Gasteiger partial charge on any atom is -0.455 e. The average Bonchev–Trinajstić information content (AvgIpc) is 3.71. The zero-order chi connectivity index (χ0) is 44.2. The van der Waals surface area contributed by atoms with Gasteiger partial charge in [0.1, 0.15) is 11.2 Å². The van der Waals surface area contributed by atoms with E-state index in [2.05, 4.69) is 0 Å². The van der Waals surface area contributed by atoms with Gasteiger partial charge in [-0.15, -0.1) is 0 Å². The summed E-state index contributed by atoms with van der Waals surface area (Å²) in [7, 11) is 0. The molecule has 10 rings (SSSR count). The Morgan fingerprint density at radius 2 is 0.941 bits per heavy atom. The van der Waals surface area contributed by atoms with E-state index < -0.39 is 48.3 Å². The molecular weight excluding hydrogens is 621 g/mol. The van der Waals surface area contributed by atoms with E-state index in [0.29, 0.717) is 50.2 Å². The van der Waals surface area contributed by atoms with Gasteiger partial charge in [0.2, 0.25) is 0 Å². The van der Waals surface area contributed by atoms with Crippen LogP contribution in [0, 0.1) is 0 Å². The highest BCUT2D eigenvalue weighted by molar-refractivity contribution is 6.14. The maximum atomic E-state index is 9.15. The lowest BCUT2D eigenvalue weighted by molar-refractivity contribution is 0.670.